The van der Waals surface area contributed by atoms with Crippen molar-refractivity contribution in [1.82, 2.24) is 10.0 Å². The van der Waals surface area contributed by atoms with E-state index in [9.17, 15) is 8.42 Å². The van der Waals surface area contributed by atoms with Gasteiger partial charge in [0.05, 0.1) is 4.90 Å². The SMILES string of the molecule is CCNCCc1ccc(S(=O)(=O)NC(C)(C)C2CC2)cc1. The maximum absolute atomic E-state index is 12.4. The molecule has 0 aliphatic heterocycles. The first-order valence-electron chi connectivity index (χ1n) is 7.69. The van der Waals surface area contributed by atoms with E-state index in [0.717, 1.165) is 37.9 Å². The molecule has 1 aliphatic rings. The van der Waals surface area contributed by atoms with Crippen LogP contribution in [0, 0.1) is 5.92 Å². The van der Waals surface area contributed by atoms with E-state index in [1.807, 2.05) is 26.0 Å². The standard InChI is InChI=1S/C16H26N2O2S/c1-4-17-12-11-13-5-9-15(10-6-13)21(19,20)18-16(2,3)14-7-8-14/h5-6,9-10,14,17-18H,4,7-8,11-12H2,1-3H3. The predicted molar refractivity (Wildman–Crippen MR) is 85.8 cm³/mol. The smallest absolute Gasteiger partial charge is 0.241 e. The van der Waals surface area contributed by atoms with Crippen LogP contribution in [-0.4, -0.2) is 27.0 Å². The van der Waals surface area contributed by atoms with E-state index in [-0.39, 0.29) is 5.54 Å². The molecule has 0 unspecified atom stereocenters. The van der Waals surface area contributed by atoms with Crippen molar-refractivity contribution in [1.29, 1.82) is 0 Å². The zero-order valence-electron chi connectivity index (χ0n) is 13.1. The largest absolute Gasteiger partial charge is 0.317 e. The Morgan fingerprint density at radius 2 is 1.81 bits per heavy atom. The molecule has 0 saturated heterocycles. The summed E-state index contributed by atoms with van der Waals surface area (Å²) >= 11 is 0. The van der Waals surface area contributed by atoms with Gasteiger partial charge in [-0.15, -0.1) is 0 Å². The molecular formula is C16H26N2O2S. The fraction of sp³-hybridized carbons (Fsp3) is 0.625. The van der Waals surface area contributed by atoms with Crippen LogP contribution in [0.1, 0.15) is 39.2 Å². The van der Waals surface area contributed by atoms with Gasteiger partial charge in [0, 0.05) is 5.54 Å². The van der Waals surface area contributed by atoms with E-state index in [4.69, 9.17) is 0 Å². The maximum Gasteiger partial charge on any atom is 0.241 e. The molecule has 0 bridgehead atoms. The molecule has 0 amide bonds. The van der Waals surface area contributed by atoms with Crippen LogP contribution < -0.4 is 10.0 Å². The molecule has 21 heavy (non-hydrogen) atoms. The zero-order valence-corrected chi connectivity index (χ0v) is 14.0. The van der Waals surface area contributed by atoms with Gasteiger partial charge in [-0.25, -0.2) is 13.1 Å². The third-order valence-electron chi connectivity index (χ3n) is 4.07. The lowest BCUT2D eigenvalue weighted by Crippen LogP contribution is -2.45. The fourth-order valence-corrected chi connectivity index (χ4v) is 4.01. The molecule has 1 aromatic rings. The predicted octanol–water partition coefficient (Wildman–Crippen LogP) is 2.31. The molecule has 0 spiro atoms. The Bertz CT molecular complexity index is 560. The molecule has 1 aliphatic carbocycles. The highest BCUT2D eigenvalue weighted by Crippen LogP contribution is 2.39. The van der Waals surface area contributed by atoms with Crippen LogP contribution in [0.15, 0.2) is 29.2 Å². The van der Waals surface area contributed by atoms with Gasteiger partial charge in [0.15, 0.2) is 0 Å². The number of sulfonamides is 1. The average molecular weight is 310 g/mol. The number of benzene rings is 1. The van der Waals surface area contributed by atoms with Crippen molar-refractivity contribution in [2.45, 2.75) is 50.5 Å². The molecule has 1 saturated carbocycles. The van der Waals surface area contributed by atoms with Crippen molar-refractivity contribution >= 4 is 10.0 Å². The quantitative estimate of drug-likeness (QED) is 0.724. The van der Waals surface area contributed by atoms with E-state index in [2.05, 4.69) is 17.0 Å². The van der Waals surface area contributed by atoms with Gasteiger partial charge in [-0.2, -0.15) is 0 Å². The van der Waals surface area contributed by atoms with Crippen LogP contribution >= 0.6 is 0 Å². The molecule has 0 atom stereocenters. The van der Waals surface area contributed by atoms with Gasteiger partial charge >= 0.3 is 0 Å². The van der Waals surface area contributed by atoms with Crippen molar-refractivity contribution in [3.8, 4) is 0 Å². The summed E-state index contributed by atoms with van der Waals surface area (Å²) < 4.78 is 27.7. The highest BCUT2D eigenvalue weighted by molar-refractivity contribution is 7.89. The third kappa shape index (κ3) is 4.53. The number of hydrogen-bond donors (Lipinski definition) is 2. The topological polar surface area (TPSA) is 58.2 Å². The lowest BCUT2D eigenvalue weighted by molar-refractivity contribution is 0.400. The van der Waals surface area contributed by atoms with Crippen molar-refractivity contribution in [3.05, 3.63) is 29.8 Å². The van der Waals surface area contributed by atoms with E-state index in [1.165, 1.54) is 0 Å². The molecular weight excluding hydrogens is 284 g/mol. The van der Waals surface area contributed by atoms with Gasteiger partial charge in [0.2, 0.25) is 10.0 Å². The van der Waals surface area contributed by atoms with Crippen molar-refractivity contribution in [2.75, 3.05) is 13.1 Å². The Labute approximate surface area is 128 Å². The summed E-state index contributed by atoms with van der Waals surface area (Å²) in [5, 5.41) is 3.26. The minimum absolute atomic E-state index is 0.350. The first-order chi connectivity index (χ1) is 9.85. The molecule has 0 radical (unpaired) electrons. The molecule has 1 fully saturated rings. The molecule has 0 aromatic heterocycles. The van der Waals surface area contributed by atoms with Gasteiger partial charge in [-0.1, -0.05) is 19.1 Å². The van der Waals surface area contributed by atoms with E-state index in [0.29, 0.717) is 10.8 Å². The maximum atomic E-state index is 12.4. The van der Waals surface area contributed by atoms with Crippen LogP contribution in [0.2, 0.25) is 0 Å². The van der Waals surface area contributed by atoms with Gasteiger partial charge in [-0.3, -0.25) is 0 Å². The minimum atomic E-state index is -3.43. The van der Waals surface area contributed by atoms with E-state index < -0.39 is 10.0 Å². The monoisotopic (exact) mass is 310 g/mol. The van der Waals surface area contributed by atoms with Crippen molar-refractivity contribution in [3.63, 3.8) is 0 Å². The highest BCUT2D eigenvalue weighted by atomic mass is 32.2. The average Bonchev–Trinajstić information content (AvgIpc) is 3.23. The number of likely N-dealkylation sites (N-methyl/N-ethyl adjacent to an activating group) is 1. The second kappa shape index (κ2) is 6.46. The highest BCUT2D eigenvalue weighted by Gasteiger charge is 2.40. The molecule has 5 heteroatoms. The Morgan fingerprint density at radius 3 is 2.33 bits per heavy atom. The molecule has 2 rings (SSSR count). The van der Waals surface area contributed by atoms with Crippen molar-refractivity contribution in [2.24, 2.45) is 5.92 Å². The second-order valence-corrected chi connectivity index (χ2v) is 8.03. The number of hydrogen-bond acceptors (Lipinski definition) is 3. The summed E-state index contributed by atoms with van der Waals surface area (Å²) in [5.74, 6) is 0.465. The Hall–Kier alpha value is -0.910. The van der Waals surface area contributed by atoms with Gasteiger partial charge in [-0.05, 0) is 69.8 Å². The van der Waals surface area contributed by atoms with Gasteiger partial charge < -0.3 is 5.32 Å². The zero-order chi connectivity index (χ0) is 15.5. The lowest BCUT2D eigenvalue weighted by Gasteiger charge is -2.25. The second-order valence-electron chi connectivity index (χ2n) is 6.35. The van der Waals surface area contributed by atoms with Gasteiger partial charge in [0.25, 0.3) is 0 Å². The van der Waals surface area contributed by atoms with Crippen LogP contribution in [0.25, 0.3) is 0 Å². The van der Waals surface area contributed by atoms with Crippen molar-refractivity contribution < 1.29 is 8.42 Å². The normalized spacial score (nSPS) is 16.1. The minimum Gasteiger partial charge on any atom is -0.317 e. The Kier molecular flexibility index (Phi) is 5.07. The summed E-state index contributed by atoms with van der Waals surface area (Å²) in [6, 6.07) is 7.20. The summed E-state index contributed by atoms with van der Waals surface area (Å²) in [5.41, 5.74) is 0.791. The van der Waals surface area contributed by atoms with E-state index >= 15 is 0 Å². The molecule has 4 nitrogen and oxygen atoms in total. The van der Waals surface area contributed by atoms with E-state index in [1.54, 1.807) is 12.1 Å². The number of rotatable bonds is 8. The first-order valence-corrected chi connectivity index (χ1v) is 9.17. The van der Waals surface area contributed by atoms with Crippen LogP contribution in [0.3, 0.4) is 0 Å². The molecule has 0 heterocycles. The summed E-state index contributed by atoms with van der Waals surface area (Å²) in [6.07, 6.45) is 3.13. The van der Waals surface area contributed by atoms with Crippen LogP contribution in [0.5, 0.6) is 0 Å². The third-order valence-corrected chi connectivity index (χ3v) is 5.76. The Balaban J connectivity index is 2.02. The molecule has 1 aromatic carbocycles. The molecule has 118 valence electrons. The van der Waals surface area contributed by atoms with Crippen LogP contribution in [-0.2, 0) is 16.4 Å². The summed E-state index contributed by atoms with van der Waals surface area (Å²) in [6.45, 7) is 7.87. The number of nitrogens with one attached hydrogen (secondary N) is 2. The fourth-order valence-electron chi connectivity index (χ4n) is 2.54. The summed E-state index contributed by atoms with van der Waals surface area (Å²) in [7, 11) is -3.43. The van der Waals surface area contributed by atoms with Crippen LogP contribution in [0.4, 0.5) is 0 Å². The summed E-state index contributed by atoms with van der Waals surface area (Å²) in [4.78, 5) is 0.350. The lowest BCUT2D eigenvalue weighted by atomic mass is 10.0. The van der Waals surface area contributed by atoms with Gasteiger partial charge in [0.1, 0.15) is 0 Å². The Morgan fingerprint density at radius 1 is 1.19 bits per heavy atom. The first kappa shape index (κ1) is 16.5. The molecule has 2 N–H and O–H groups in total.